The van der Waals surface area contributed by atoms with Crippen LogP contribution in [0.25, 0.3) is 0 Å². The Morgan fingerprint density at radius 1 is 1.27 bits per heavy atom. The summed E-state index contributed by atoms with van der Waals surface area (Å²) in [6.45, 7) is 2.05. The molecule has 0 atom stereocenters. The van der Waals surface area contributed by atoms with E-state index in [4.69, 9.17) is 4.74 Å². The third-order valence-electron chi connectivity index (χ3n) is 4.50. The molecule has 2 aromatic rings. The zero-order valence-corrected chi connectivity index (χ0v) is 17.2. The van der Waals surface area contributed by atoms with Crippen molar-refractivity contribution in [3.8, 4) is 5.75 Å². The molecule has 9 nitrogen and oxygen atoms in total. The van der Waals surface area contributed by atoms with Crippen LogP contribution in [0, 0.1) is 11.6 Å². The Balaban J connectivity index is 1.44. The number of guanidine groups is 1. The molecule has 1 aromatic carbocycles. The first-order valence-corrected chi connectivity index (χ1v) is 10.9. The molecule has 2 heterocycles. The van der Waals surface area contributed by atoms with Gasteiger partial charge in [0.05, 0.1) is 12.2 Å². The van der Waals surface area contributed by atoms with E-state index >= 15 is 0 Å². The maximum absolute atomic E-state index is 13.6. The lowest BCUT2D eigenvalue weighted by atomic mass is 10.3. The van der Waals surface area contributed by atoms with Gasteiger partial charge in [0.1, 0.15) is 24.4 Å². The third kappa shape index (κ3) is 5.66. The summed E-state index contributed by atoms with van der Waals surface area (Å²) in [5.41, 5.74) is 0.368. The zero-order valence-electron chi connectivity index (χ0n) is 16.4. The van der Waals surface area contributed by atoms with Crippen molar-refractivity contribution in [3.05, 3.63) is 47.9 Å². The quantitative estimate of drug-likeness (QED) is 0.388. The molecule has 164 valence electrons. The molecule has 0 radical (unpaired) electrons. The molecular formula is C18H23F2N5O4S. The summed E-state index contributed by atoms with van der Waals surface area (Å²) in [5, 5.41) is 6.75. The molecule has 0 unspecified atom stereocenters. The molecule has 30 heavy (non-hydrogen) atoms. The van der Waals surface area contributed by atoms with E-state index in [2.05, 4.69) is 20.0 Å². The summed E-state index contributed by atoms with van der Waals surface area (Å²) in [7, 11) is -1.86. The SMILES string of the molecule is CN=C(NCCOc1ccc(F)cc1F)N1CCN(S(=O)(=O)Cc2ccon2)CC1. The number of hydrogen-bond acceptors (Lipinski definition) is 6. The van der Waals surface area contributed by atoms with Gasteiger partial charge in [-0.15, -0.1) is 0 Å². The first kappa shape index (κ1) is 22.0. The molecule has 1 aliphatic rings. The molecule has 1 aromatic heterocycles. The summed E-state index contributed by atoms with van der Waals surface area (Å²) in [4.78, 5) is 6.13. The summed E-state index contributed by atoms with van der Waals surface area (Å²) in [6, 6.07) is 4.65. The Bertz CT molecular complexity index is 961. The van der Waals surface area contributed by atoms with Crippen LogP contribution in [-0.2, 0) is 15.8 Å². The van der Waals surface area contributed by atoms with Gasteiger partial charge in [-0.25, -0.2) is 17.2 Å². The number of rotatable bonds is 7. The van der Waals surface area contributed by atoms with Crippen LogP contribution in [0.15, 0.2) is 40.0 Å². The second kappa shape index (κ2) is 9.85. The van der Waals surface area contributed by atoms with Crippen LogP contribution < -0.4 is 10.1 Å². The first-order valence-electron chi connectivity index (χ1n) is 9.29. The van der Waals surface area contributed by atoms with Gasteiger partial charge in [-0.1, -0.05) is 5.16 Å². The van der Waals surface area contributed by atoms with Gasteiger partial charge >= 0.3 is 0 Å². The van der Waals surface area contributed by atoms with Gasteiger partial charge in [-0.05, 0) is 12.1 Å². The van der Waals surface area contributed by atoms with E-state index in [1.165, 1.54) is 22.7 Å². The minimum absolute atomic E-state index is 0.0286. The summed E-state index contributed by atoms with van der Waals surface area (Å²) in [6.07, 6.45) is 1.34. The van der Waals surface area contributed by atoms with Crippen LogP contribution in [-0.4, -0.2) is 75.1 Å². The molecule has 12 heteroatoms. The highest BCUT2D eigenvalue weighted by atomic mass is 32.2. The molecule has 1 aliphatic heterocycles. The molecule has 0 bridgehead atoms. The highest BCUT2D eigenvalue weighted by molar-refractivity contribution is 7.88. The van der Waals surface area contributed by atoms with Gasteiger partial charge in [0.25, 0.3) is 0 Å². The van der Waals surface area contributed by atoms with Crippen LogP contribution in [0.4, 0.5) is 8.78 Å². The predicted molar refractivity (Wildman–Crippen MR) is 105 cm³/mol. The molecule has 3 rings (SSSR count). The fraction of sp³-hybridized carbons (Fsp3) is 0.444. The van der Waals surface area contributed by atoms with Gasteiger partial charge < -0.3 is 19.5 Å². The van der Waals surface area contributed by atoms with E-state index in [1.807, 2.05) is 4.90 Å². The van der Waals surface area contributed by atoms with Crippen LogP contribution in [0.1, 0.15) is 5.69 Å². The zero-order chi connectivity index (χ0) is 21.6. The van der Waals surface area contributed by atoms with Crippen LogP contribution in [0.5, 0.6) is 5.75 Å². The van der Waals surface area contributed by atoms with Gasteiger partial charge in [-0.2, -0.15) is 4.31 Å². The summed E-state index contributed by atoms with van der Waals surface area (Å²) in [5.74, 6) is -1.07. The van der Waals surface area contributed by atoms with Crippen molar-refractivity contribution in [2.45, 2.75) is 5.75 Å². The van der Waals surface area contributed by atoms with E-state index in [9.17, 15) is 17.2 Å². The van der Waals surface area contributed by atoms with Crippen molar-refractivity contribution in [3.63, 3.8) is 0 Å². The van der Waals surface area contributed by atoms with Crippen molar-refractivity contribution < 1.29 is 26.5 Å². The Kier molecular flexibility index (Phi) is 7.21. The lowest BCUT2D eigenvalue weighted by Crippen LogP contribution is -2.54. The molecule has 0 aliphatic carbocycles. The minimum Gasteiger partial charge on any atom is -0.489 e. The lowest BCUT2D eigenvalue weighted by molar-refractivity contribution is 0.256. The number of hydrogen-bond donors (Lipinski definition) is 1. The van der Waals surface area contributed by atoms with E-state index in [-0.39, 0.29) is 18.1 Å². The van der Waals surface area contributed by atoms with Crippen LogP contribution in [0.3, 0.4) is 0 Å². The van der Waals surface area contributed by atoms with Crippen molar-refractivity contribution in [2.24, 2.45) is 4.99 Å². The maximum atomic E-state index is 13.6. The van der Waals surface area contributed by atoms with Crippen LogP contribution >= 0.6 is 0 Å². The van der Waals surface area contributed by atoms with Gasteiger partial charge in [0, 0.05) is 45.4 Å². The smallest absolute Gasteiger partial charge is 0.220 e. The molecule has 0 saturated carbocycles. The molecule has 1 saturated heterocycles. The number of nitrogens with zero attached hydrogens (tertiary/aromatic N) is 4. The normalized spacial score (nSPS) is 16.0. The second-order valence-electron chi connectivity index (χ2n) is 6.53. The van der Waals surface area contributed by atoms with E-state index < -0.39 is 21.7 Å². The Labute approximate surface area is 173 Å². The van der Waals surface area contributed by atoms with E-state index in [0.717, 1.165) is 12.1 Å². The molecular weight excluding hydrogens is 420 g/mol. The molecule has 1 N–H and O–H groups in total. The van der Waals surface area contributed by atoms with Crippen molar-refractivity contribution in [1.82, 2.24) is 19.7 Å². The van der Waals surface area contributed by atoms with Gasteiger partial charge in [0.2, 0.25) is 10.0 Å². The van der Waals surface area contributed by atoms with Crippen LogP contribution in [0.2, 0.25) is 0 Å². The predicted octanol–water partition coefficient (Wildman–Crippen LogP) is 1.05. The number of sulfonamides is 1. The van der Waals surface area contributed by atoms with Gasteiger partial charge in [-0.3, -0.25) is 4.99 Å². The second-order valence-corrected chi connectivity index (χ2v) is 8.50. The van der Waals surface area contributed by atoms with Crippen molar-refractivity contribution >= 4 is 16.0 Å². The topological polar surface area (TPSA) is 100 Å². The molecule has 0 spiro atoms. The Hall–Kier alpha value is -2.73. The van der Waals surface area contributed by atoms with Crippen molar-refractivity contribution in [1.29, 1.82) is 0 Å². The number of benzene rings is 1. The largest absolute Gasteiger partial charge is 0.489 e. The highest BCUT2D eigenvalue weighted by Crippen LogP contribution is 2.17. The monoisotopic (exact) mass is 443 g/mol. The average Bonchev–Trinajstić information content (AvgIpc) is 3.22. The Morgan fingerprint density at radius 3 is 2.67 bits per heavy atom. The number of halogens is 2. The van der Waals surface area contributed by atoms with E-state index in [1.54, 1.807) is 7.05 Å². The summed E-state index contributed by atoms with van der Waals surface area (Å²) >= 11 is 0. The van der Waals surface area contributed by atoms with Gasteiger partial charge in [0.15, 0.2) is 17.5 Å². The lowest BCUT2D eigenvalue weighted by Gasteiger charge is -2.35. The van der Waals surface area contributed by atoms with E-state index in [0.29, 0.717) is 44.4 Å². The summed E-state index contributed by atoms with van der Waals surface area (Å²) < 4.78 is 62.9. The fourth-order valence-corrected chi connectivity index (χ4v) is 4.44. The van der Waals surface area contributed by atoms with Crippen molar-refractivity contribution in [2.75, 3.05) is 46.4 Å². The molecule has 1 fully saturated rings. The number of aromatic nitrogens is 1. The Morgan fingerprint density at radius 2 is 2.03 bits per heavy atom. The first-order chi connectivity index (χ1) is 14.4. The molecule has 0 amide bonds. The number of piperazine rings is 1. The number of nitrogens with one attached hydrogen (secondary N) is 1. The fourth-order valence-electron chi connectivity index (χ4n) is 3.02. The minimum atomic E-state index is -3.48. The number of ether oxygens (including phenoxy) is 1. The maximum Gasteiger partial charge on any atom is 0.220 e. The standard InChI is InChI=1S/C18H23F2N5O4S/c1-21-18(22-5-11-28-17-3-2-14(19)12-16(17)20)24-6-8-25(9-7-24)30(26,27)13-15-4-10-29-23-15/h2-4,10,12H,5-9,11,13H2,1H3,(H,21,22). The average molecular weight is 443 g/mol. The number of aliphatic imine (C=N–C) groups is 1. The highest BCUT2D eigenvalue weighted by Gasteiger charge is 2.28. The third-order valence-corrected chi connectivity index (χ3v) is 6.31.